The summed E-state index contributed by atoms with van der Waals surface area (Å²) in [5, 5.41) is 43.9. The van der Waals surface area contributed by atoms with Gasteiger partial charge in [0.1, 0.15) is 12.2 Å². The Morgan fingerprint density at radius 3 is 0.952 bits per heavy atom. The maximum absolute atomic E-state index is 12.6. The van der Waals surface area contributed by atoms with Crippen LogP contribution in [0.2, 0.25) is 0 Å². The molecular weight excluding hydrogens is 779 g/mol. The van der Waals surface area contributed by atoms with E-state index >= 15 is 0 Å². The average Bonchev–Trinajstić information content (AvgIpc) is 3.29. The Hall–Kier alpha value is -1.21. The summed E-state index contributed by atoms with van der Waals surface area (Å²) in [5.74, 6) is -0.594. The lowest BCUT2D eigenvalue weighted by Crippen LogP contribution is -2.53. The lowest BCUT2D eigenvalue weighted by Gasteiger charge is -2.27. The Labute approximate surface area is 393 Å². The highest BCUT2D eigenvalue weighted by Gasteiger charge is 2.28. The van der Waals surface area contributed by atoms with E-state index in [0.29, 0.717) is 12.8 Å². The molecule has 374 valence electrons. The predicted octanol–water partition coefficient (Wildman–Crippen LogP) is 16.3. The lowest BCUT2D eigenvalue weighted by molar-refractivity contribution is -0.132. The smallest absolute Gasteiger partial charge is 0.249 e. The van der Waals surface area contributed by atoms with E-state index in [-0.39, 0.29) is 0 Å². The van der Waals surface area contributed by atoms with Crippen LogP contribution in [0, 0.1) is 0 Å². The van der Waals surface area contributed by atoms with Crippen LogP contribution in [0.3, 0.4) is 0 Å². The molecule has 0 aromatic rings. The quantitative estimate of drug-likeness (QED) is 0.0309. The summed E-state index contributed by atoms with van der Waals surface area (Å²) in [4.78, 5) is 12.6. The van der Waals surface area contributed by atoms with Crippen molar-refractivity contribution in [2.45, 2.75) is 327 Å². The van der Waals surface area contributed by atoms with Gasteiger partial charge in [0.25, 0.3) is 0 Å². The number of hydrogen-bond acceptors (Lipinski definition) is 5. The van der Waals surface area contributed by atoms with Gasteiger partial charge in [-0.05, 0) is 64.2 Å². The molecule has 4 atom stereocenters. The second-order valence-electron chi connectivity index (χ2n) is 19.6. The minimum atomic E-state index is -1.28. The maximum atomic E-state index is 12.6. The Bertz CT molecular complexity index is 955. The summed E-state index contributed by atoms with van der Waals surface area (Å²) in [6.07, 6.45) is 62.5. The van der Waals surface area contributed by atoms with Crippen molar-refractivity contribution in [3.63, 3.8) is 0 Å². The number of hydrogen-bond donors (Lipinski definition) is 5. The second kappa shape index (κ2) is 51.8. The molecule has 0 bridgehead atoms. The summed E-state index contributed by atoms with van der Waals surface area (Å²) in [6.45, 7) is 4.07. The molecule has 0 heterocycles. The molecule has 0 aromatic heterocycles. The van der Waals surface area contributed by atoms with Gasteiger partial charge in [0, 0.05) is 0 Å². The molecule has 0 saturated heterocycles. The highest BCUT2D eigenvalue weighted by atomic mass is 16.3. The number of unbranched alkanes of at least 4 members (excludes halogenated alkanes) is 39. The zero-order valence-electron chi connectivity index (χ0n) is 42.3. The van der Waals surface area contributed by atoms with Gasteiger partial charge >= 0.3 is 0 Å². The van der Waals surface area contributed by atoms with Crippen molar-refractivity contribution < 1.29 is 25.2 Å². The highest BCUT2D eigenvalue weighted by Crippen LogP contribution is 2.17. The van der Waals surface area contributed by atoms with Gasteiger partial charge in [0.05, 0.1) is 18.8 Å². The maximum Gasteiger partial charge on any atom is 0.249 e. The van der Waals surface area contributed by atoms with Crippen LogP contribution < -0.4 is 5.32 Å². The molecule has 6 nitrogen and oxygen atoms in total. The monoisotopic (exact) mass is 890 g/mol. The molecule has 0 saturated carbocycles. The zero-order valence-corrected chi connectivity index (χ0v) is 42.3. The Morgan fingerprint density at radius 1 is 0.381 bits per heavy atom. The minimum absolute atomic E-state index is 0.357. The number of aliphatic hydroxyl groups excluding tert-OH is 4. The summed E-state index contributed by atoms with van der Waals surface area (Å²) in [7, 11) is 0. The van der Waals surface area contributed by atoms with Gasteiger partial charge in [0.15, 0.2) is 0 Å². The highest BCUT2D eigenvalue weighted by molar-refractivity contribution is 5.80. The fraction of sp³-hybridized carbons (Fsp3) is 0.912. The van der Waals surface area contributed by atoms with Gasteiger partial charge in [-0.15, -0.1) is 0 Å². The van der Waals surface area contributed by atoms with Crippen molar-refractivity contribution in [2.24, 2.45) is 0 Å². The molecule has 1 amide bonds. The summed E-state index contributed by atoms with van der Waals surface area (Å²) < 4.78 is 0. The third-order valence-electron chi connectivity index (χ3n) is 13.4. The Morgan fingerprint density at radius 2 is 0.651 bits per heavy atom. The first-order valence-electron chi connectivity index (χ1n) is 28.2. The van der Waals surface area contributed by atoms with Gasteiger partial charge in [0.2, 0.25) is 5.91 Å². The van der Waals surface area contributed by atoms with Crippen LogP contribution in [-0.4, -0.2) is 57.3 Å². The third kappa shape index (κ3) is 45.7. The number of amides is 1. The number of rotatable bonds is 52. The third-order valence-corrected chi connectivity index (χ3v) is 13.4. The first kappa shape index (κ1) is 61.8. The summed E-state index contributed by atoms with van der Waals surface area (Å²) >= 11 is 0. The van der Waals surface area contributed by atoms with Crippen LogP contribution in [0.1, 0.15) is 303 Å². The van der Waals surface area contributed by atoms with E-state index in [9.17, 15) is 25.2 Å². The molecule has 0 radical (unpaired) electrons. The molecule has 0 rings (SSSR count). The van der Waals surface area contributed by atoms with Gasteiger partial charge in [-0.1, -0.05) is 263 Å². The van der Waals surface area contributed by atoms with Crippen LogP contribution in [0.25, 0.3) is 0 Å². The summed E-state index contributed by atoms with van der Waals surface area (Å²) in [6, 6.07) is -1.00. The number of carbonyl (C=O) groups is 1. The van der Waals surface area contributed by atoms with E-state index in [4.69, 9.17) is 0 Å². The number of aliphatic hydroxyl groups is 4. The molecule has 0 aliphatic rings. The van der Waals surface area contributed by atoms with Gasteiger partial charge in [-0.2, -0.15) is 0 Å². The molecule has 0 spiro atoms. The predicted molar refractivity (Wildman–Crippen MR) is 274 cm³/mol. The van der Waals surface area contributed by atoms with E-state index in [2.05, 4.69) is 43.5 Å². The first-order chi connectivity index (χ1) is 31.0. The van der Waals surface area contributed by atoms with Crippen molar-refractivity contribution in [1.29, 1.82) is 0 Å². The van der Waals surface area contributed by atoms with Crippen LogP contribution >= 0.6 is 0 Å². The minimum Gasteiger partial charge on any atom is -0.394 e. The molecule has 0 aliphatic carbocycles. The first-order valence-corrected chi connectivity index (χ1v) is 28.2. The van der Waals surface area contributed by atoms with E-state index in [1.165, 1.54) is 231 Å². The number of nitrogens with one attached hydrogen (secondary N) is 1. The fourth-order valence-corrected chi connectivity index (χ4v) is 8.93. The van der Waals surface area contributed by atoms with E-state index in [0.717, 1.165) is 44.9 Å². The molecule has 0 aromatic carbocycles. The van der Waals surface area contributed by atoms with Crippen molar-refractivity contribution >= 4 is 5.91 Å². The molecule has 6 heteroatoms. The topological polar surface area (TPSA) is 110 Å². The number of carbonyl (C=O) groups excluding carboxylic acids is 1. The Kier molecular flexibility index (Phi) is 50.8. The average molecular weight is 891 g/mol. The Balaban J connectivity index is 3.65. The summed E-state index contributed by atoms with van der Waals surface area (Å²) in [5.41, 5.74) is 0. The van der Waals surface area contributed by atoms with Crippen molar-refractivity contribution in [3.8, 4) is 0 Å². The van der Waals surface area contributed by atoms with Crippen molar-refractivity contribution in [2.75, 3.05) is 6.61 Å². The van der Waals surface area contributed by atoms with E-state index in [1.807, 2.05) is 0 Å². The van der Waals surface area contributed by atoms with Gasteiger partial charge in [-0.3, -0.25) is 4.79 Å². The molecule has 0 aliphatic heterocycles. The van der Waals surface area contributed by atoms with Crippen LogP contribution in [0.5, 0.6) is 0 Å². The molecule has 63 heavy (non-hydrogen) atoms. The lowest BCUT2D eigenvalue weighted by atomic mass is 10.00. The standard InChI is InChI=1S/C57H111NO5/c1-3-5-7-9-11-13-15-17-19-21-23-25-26-27-28-29-30-31-33-34-36-38-40-42-44-46-48-50-54(60)56(62)53(52-59)58-57(63)55(61)51-49-47-45-43-41-39-37-35-32-24-22-20-18-16-14-12-10-8-6-4-2/h32,35,42,44,53-56,59-62H,3-31,33-34,36-41,43,45-52H2,1-2H3,(H,58,63)/b35-32-,44-42+. The number of allylic oxidation sites excluding steroid dienone is 4. The zero-order chi connectivity index (χ0) is 45.9. The largest absolute Gasteiger partial charge is 0.394 e. The normalized spacial score (nSPS) is 13.9. The SMILES string of the molecule is CCCCCCCCCCCC/C=C\CCCCCCCCC(O)C(=O)NC(CO)C(O)C(O)CCC/C=C/CCCCCCCCCCCCCCCCCCCCCCCC. The van der Waals surface area contributed by atoms with Crippen LogP contribution in [0.15, 0.2) is 24.3 Å². The van der Waals surface area contributed by atoms with Gasteiger partial charge in [-0.25, -0.2) is 0 Å². The molecular formula is C57H111NO5. The molecule has 4 unspecified atom stereocenters. The molecule has 0 fully saturated rings. The van der Waals surface area contributed by atoms with E-state index < -0.39 is 36.9 Å². The van der Waals surface area contributed by atoms with Crippen molar-refractivity contribution in [3.05, 3.63) is 24.3 Å². The van der Waals surface area contributed by atoms with Crippen LogP contribution in [0.4, 0.5) is 0 Å². The second-order valence-corrected chi connectivity index (χ2v) is 19.6. The molecule has 5 N–H and O–H groups in total. The van der Waals surface area contributed by atoms with Crippen molar-refractivity contribution in [1.82, 2.24) is 5.32 Å². The van der Waals surface area contributed by atoms with Gasteiger partial charge < -0.3 is 25.7 Å². The fourth-order valence-electron chi connectivity index (χ4n) is 8.93. The van der Waals surface area contributed by atoms with E-state index in [1.54, 1.807) is 0 Å². The van der Waals surface area contributed by atoms with Crippen LogP contribution in [-0.2, 0) is 4.79 Å².